The average molecular weight is 396 g/mol. The number of amides is 1. The smallest absolute Gasteiger partial charge is 0.342 e. The Bertz CT molecular complexity index is 965. The maximum absolute atomic E-state index is 13.1. The molecule has 0 spiro atoms. The van der Waals surface area contributed by atoms with Gasteiger partial charge in [-0.15, -0.1) is 11.8 Å². The molecule has 0 unspecified atom stereocenters. The zero-order valence-electron chi connectivity index (χ0n) is 15.0. The SMILES string of the molecule is CSc1ncccc1C(=O)O[C@H](C(=O)Nc1ccc(F)cc1)c1ccccc1. The van der Waals surface area contributed by atoms with Crippen molar-refractivity contribution < 1.29 is 18.7 Å². The Morgan fingerprint density at radius 2 is 1.75 bits per heavy atom. The molecule has 0 fully saturated rings. The molecular formula is C21H17FN2O3S. The summed E-state index contributed by atoms with van der Waals surface area (Å²) in [5.74, 6) is -1.61. The van der Waals surface area contributed by atoms with Gasteiger partial charge in [-0.2, -0.15) is 0 Å². The molecule has 0 saturated carbocycles. The molecule has 1 N–H and O–H groups in total. The van der Waals surface area contributed by atoms with E-state index in [4.69, 9.17) is 4.74 Å². The zero-order chi connectivity index (χ0) is 19.9. The number of carbonyl (C=O) groups is 2. The number of nitrogens with one attached hydrogen (secondary N) is 1. The molecule has 3 aromatic rings. The van der Waals surface area contributed by atoms with E-state index in [0.29, 0.717) is 16.3 Å². The molecule has 7 heteroatoms. The van der Waals surface area contributed by atoms with Gasteiger partial charge in [0.2, 0.25) is 6.10 Å². The van der Waals surface area contributed by atoms with Gasteiger partial charge in [-0.25, -0.2) is 14.2 Å². The van der Waals surface area contributed by atoms with E-state index in [1.54, 1.807) is 54.9 Å². The fourth-order valence-electron chi connectivity index (χ4n) is 2.52. The number of hydrogen-bond donors (Lipinski definition) is 1. The number of rotatable bonds is 6. The Morgan fingerprint density at radius 1 is 1.04 bits per heavy atom. The largest absolute Gasteiger partial charge is 0.444 e. The van der Waals surface area contributed by atoms with Gasteiger partial charge in [-0.1, -0.05) is 30.3 Å². The van der Waals surface area contributed by atoms with Gasteiger partial charge in [0, 0.05) is 17.4 Å². The van der Waals surface area contributed by atoms with E-state index in [0.717, 1.165) is 0 Å². The van der Waals surface area contributed by atoms with Crippen LogP contribution in [0.1, 0.15) is 22.0 Å². The first-order valence-electron chi connectivity index (χ1n) is 8.40. The Kier molecular flexibility index (Phi) is 6.39. The van der Waals surface area contributed by atoms with E-state index in [9.17, 15) is 14.0 Å². The highest BCUT2D eigenvalue weighted by molar-refractivity contribution is 7.98. The molecule has 1 atom stereocenters. The number of anilines is 1. The second-order valence-corrected chi connectivity index (χ2v) is 6.55. The lowest BCUT2D eigenvalue weighted by Crippen LogP contribution is -2.26. The molecule has 1 heterocycles. The van der Waals surface area contributed by atoms with Crippen LogP contribution in [0.3, 0.4) is 0 Å². The van der Waals surface area contributed by atoms with E-state index < -0.39 is 23.8 Å². The molecule has 1 amide bonds. The van der Waals surface area contributed by atoms with Crippen molar-refractivity contribution in [3.8, 4) is 0 Å². The van der Waals surface area contributed by atoms with E-state index in [-0.39, 0.29) is 5.56 Å². The number of benzene rings is 2. The minimum absolute atomic E-state index is 0.283. The molecule has 0 aliphatic heterocycles. The standard InChI is InChI=1S/C21H17FN2O3S/c1-28-20-17(8-5-13-23-20)21(26)27-18(14-6-3-2-4-7-14)19(25)24-16-11-9-15(22)10-12-16/h2-13,18H,1H3,(H,24,25)/t18-/m0/s1. The summed E-state index contributed by atoms with van der Waals surface area (Å²) >= 11 is 1.31. The summed E-state index contributed by atoms with van der Waals surface area (Å²) < 4.78 is 18.6. The van der Waals surface area contributed by atoms with E-state index in [1.165, 1.54) is 36.0 Å². The van der Waals surface area contributed by atoms with Crippen LogP contribution in [0.5, 0.6) is 0 Å². The number of hydrogen-bond acceptors (Lipinski definition) is 5. The maximum atomic E-state index is 13.1. The van der Waals surface area contributed by atoms with Crippen molar-refractivity contribution in [2.24, 2.45) is 0 Å². The molecule has 0 bridgehead atoms. The van der Waals surface area contributed by atoms with E-state index >= 15 is 0 Å². The van der Waals surface area contributed by atoms with Crippen LogP contribution < -0.4 is 5.32 Å². The van der Waals surface area contributed by atoms with Crippen LogP contribution >= 0.6 is 11.8 Å². The normalized spacial score (nSPS) is 11.5. The Hall–Kier alpha value is -3.19. The maximum Gasteiger partial charge on any atom is 0.342 e. The summed E-state index contributed by atoms with van der Waals surface area (Å²) in [7, 11) is 0. The summed E-state index contributed by atoms with van der Waals surface area (Å²) in [5, 5.41) is 3.16. The number of esters is 1. The summed E-state index contributed by atoms with van der Waals surface area (Å²) in [6, 6.07) is 17.3. The third-order valence-electron chi connectivity index (χ3n) is 3.86. The molecular weight excluding hydrogens is 379 g/mol. The summed E-state index contributed by atoms with van der Waals surface area (Å²) in [6.45, 7) is 0. The molecule has 0 radical (unpaired) electrons. The summed E-state index contributed by atoms with van der Waals surface area (Å²) in [6.07, 6.45) is 2.21. The van der Waals surface area contributed by atoms with Crippen LogP contribution in [-0.4, -0.2) is 23.1 Å². The fraction of sp³-hybridized carbons (Fsp3) is 0.0952. The lowest BCUT2D eigenvalue weighted by molar-refractivity contribution is -0.125. The second kappa shape index (κ2) is 9.14. The minimum atomic E-state index is -1.17. The first-order chi connectivity index (χ1) is 13.6. The third kappa shape index (κ3) is 4.75. The number of thioether (sulfide) groups is 1. The van der Waals surface area contributed by atoms with Crippen molar-refractivity contribution in [3.05, 3.63) is 89.9 Å². The van der Waals surface area contributed by atoms with Crippen molar-refractivity contribution in [3.63, 3.8) is 0 Å². The van der Waals surface area contributed by atoms with Crippen LogP contribution in [0.15, 0.2) is 78.0 Å². The van der Waals surface area contributed by atoms with Crippen molar-refractivity contribution in [1.82, 2.24) is 4.98 Å². The average Bonchev–Trinajstić information content (AvgIpc) is 2.74. The van der Waals surface area contributed by atoms with Crippen molar-refractivity contribution >= 4 is 29.3 Å². The lowest BCUT2D eigenvalue weighted by Gasteiger charge is -2.18. The van der Waals surface area contributed by atoms with Gasteiger partial charge in [0.1, 0.15) is 10.8 Å². The lowest BCUT2D eigenvalue weighted by atomic mass is 10.1. The number of carbonyl (C=O) groups excluding carboxylic acids is 2. The number of aromatic nitrogens is 1. The molecule has 142 valence electrons. The molecule has 3 rings (SSSR count). The highest BCUT2D eigenvalue weighted by Gasteiger charge is 2.27. The highest BCUT2D eigenvalue weighted by Crippen LogP contribution is 2.24. The molecule has 1 aromatic heterocycles. The predicted octanol–water partition coefficient (Wildman–Crippen LogP) is 4.48. The molecule has 0 saturated heterocycles. The van der Waals surface area contributed by atoms with Crippen LogP contribution in [0.2, 0.25) is 0 Å². The third-order valence-corrected chi connectivity index (χ3v) is 4.57. The van der Waals surface area contributed by atoms with Crippen LogP contribution in [-0.2, 0) is 9.53 Å². The second-order valence-electron chi connectivity index (χ2n) is 5.75. The highest BCUT2D eigenvalue weighted by atomic mass is 32.2. The molecule has 2 aromatic carbocycles. The quantitative estimate of drug-likeness (QED) is 0.491. The molecule has 0 aliphatic rings. The number of halogens is 1. The van der Waals surface area contributed by atoms with Gasteiger partial charge in [0.05, 0.1) is 5.56 Å². The van der Waals surface area contributed by atoms with Gasteiger partial charge in [0.25, 0.3) is 5.91 Å². The fourth-order valence-corrected chi connectivity index (χ4v) is 3.06. The van der Waals surface area contributed by atoms with Crippen molar-refractivity contribution in [2.45, 2.75) is 11.1 Å². The number of ether oxygens (including phenoxy) is 1. The Morgan fingerprint density at radius 3 is 2.43 bits per heavy atom. The molecule has 5 nitrogen and oxygen atoms in total. The number of nitrogens with zero attached hydrogens (tertiary/aromatic N) is 1. The van der Waals surface area contributed by atoms with Gasteiger partial charge < -0.3 is 10.1 Å². The Balaban J connectivity index is 1.86. The van der Waals surface area contributed by atoms with Gasteiger partial charge in [-0.3, -0.25) is 4.79 Å². The first-order valence-corrected chi connectivity index (χ1v) is 9.62. The monoisotopic (exact) mass is 396 g/mol. The van der Waals surface area contributed by atoms with Crippen LogP contribution in [0, 0.1) is 5.82 Å². The van der Waals surface area contributed by atoms with Gasteiger partial charge >= 0.3 is 5.97 Å². The first kappa shape index (κ1) is 19.6. The summed E-state index contributed by atoms with van der Waals surface area (Å²) in [5.41, 5.74) is 1.20. The van der Waals surface area contributed by atoms with E-state index in [2.05, 4.69) is 10.3 Å². The predicted molar refractivity (Wildman–Crippen MR) is 106 cm³/mol. The van der Waals surface area contributed by atoms with Crippen molar-refractivity contribution in [2.75, 3.05) is 11.6 Å². The van der Waals surface area contributed by atoms with Crippen molar-refractivity contribution in [1.29, 1.82) is 0 Å². The molecule has 0 aliphatic carbocycles. The zero-order valence-corrected chi connectivity index (χ0v) is 15.8. The Labute approximate surface area is 166 Å². The number of pyridine rings is 1. The van der Waals surface area contributed by atoms with Crippen LogP contribution in [0.25, 0.3) is 0 Å². The van der Waals surface area contributed by atoms with E-state index in [1.807, 2.05) is 0 Å². The van der Waals surface area contributed by atoms with Gasteiger partial charge in [0.15, 0.2) is 0 Å². The minimum Gasteiger partial charge on any atom is -0.444 e. The van der Waals surface area contributed by atoms with Gasteiger partial charge in [-0.05, 0) is 42.7 Å². The van der Waals surface area contributed by atoms with Crippen LogP contribution in [0.4, 0.5) is 10.1 Å². The topological polar surface area (TPSA) is 68.3 Å². The molecule has 28 heavy (non-hydrogen) atoms. The summed E-state index contributed by atoms with van der Waals surface area (Å²) in [4.78, 5) is 29.7.